The van der Waals surface area contributed by atoms with Crippen LogP contribution in [0.1, 0.15) is 39.0 Å². The van der Waals surface area contributed by atoms with E-state index in [0.717, 1.165) is 32.1 Å². The molecule has 0 aromatic heterocycles. The topological polar surface area (TPSA) is 29.1 Å². The molecule has 100 valence electrons. The third-order valence-corrected chi connectivity index (χ3v) is 3.29. The zero-order valence-electron chi connectivity index (χ0n) is 9.69. The van der Waals surface area contributed by atoms with E-state index >= 15 is 0 Å². The van der Waals surface area contributed by atoms with Gasteiger partial charge < -0.3 is 5.32 Å². The fourth-order valence-corrected chi connectivity index (χ4v) is 2.15. The van der Waals surface area contributed by atoms with E-state index in [4.69, 9.17) is 0 Å². The maximum Gasteiger partial charge on any atom is 0.383 e. The molecule has 1 aliphatic rings. The highest BCUT2D eigenvalue weighted by Crippen LogP contribution is 2.28. The second-order valence-corrected chi connectivity index (χ2v) is 4.58. The molecule has 1 N–H and O–H groups in total. The Balaban J connectivity index is 2.50. The summed E-state index contributed by atoms with van der Waals surface area (Å²) in [6.07, 6.45) is 0.834. The second kappa shape index (κ2) is 5.69. The van der Waals surface area contributed by atoms with Crippen LogP contribution < -0.4 is 5.32 Å². The van der Waals surface area contributed by atoms with Crippen LogP contribution in [0.25, 0.3) is 0 Å². The zero-order chi connectivity index (χ0) is 13.1. The van der Waals surface area contributed by atoms with Crippen molar-refractivity contribution in [1.29, 1.82) is 0 Å². The van der Waals surface area contributed by atoms with Crippen molar-refractivity contribution in [2.45, 2.75) is 57.4 Å². The van der Waals surface area contributed by atoms with Crippen molar-refractivity contribution in [2.24, 2.45) is 5.92 Å². The molecule has 0 aromatic rings. The fourth-order valence-electron chi connectivity index (χ4n) is 2.15. The van der Waals surface area contributed by atoms with E-state index in [1.54, 1.807) is 6.92 Å². The van der Waals surface area contributed by atoms with Crippen LogP contribution in [0, 0.1) is 5.92 Å². The number of nitrogens with one attached hydrogen (secondary N) is 1. The minimum absolute atomic E-state index is 0.112. The lowest BCUT2D eigenvalue weighted by atomic mass is 9.84. The van der Waals surface area contributed by atoms with Gasteiger partial charge >= 0.3 is 12.3 Å². The normalized spacial score (nSPS) is 20.4. The lowest BCUT2D eigenvalue weighted by Gasteiger charge is -2.29. The second-order valence-electron chi connectivity index (χ2n) is 4.58. The first kappa shape index (κ1) is 14.3. The van der Waals surface area contributed by atoms with Gasteiger partial charge in [0, 0.05) is 6.04 Å². The predicted octanol–water partition coefficient (Wildman–Crippen LogP) is 2.97. The Morgan fingerprint density at radius 2 is 1.76 bits per heavy atom. The van der Waals surface area contributed by atoms with Crippen LogP contribution in [0.2, 0.25) is 0 Å². The van der Waals surface area contributed by atoms with E-state index in [1.807, 2.05) is 5.32 Å². The first-order valence-corrected chi connectivity index (χ1v) is 5.82. The fraction of sp³-hybridized carbons (Fsp3) is 0.909. The first-order valence-electron chi connectivity index (χ1n) is 5.82. The summed E-state index contributed by atoms with van der Waals surface area (Å²) in [5.74, 6) is -6.35. The highest BCUT2D eigenvalue weighted by atomic mass is 19.3. The summed E-state index contributed by atoms with van der Waals surface area (Å²) in [6.45, 7) is 1.59. The van der Waals surface area contributed by atoms with Gasteiger partial charge in [0.2, 0.25) is 0 Å². The van der Waals surface area contributed by atoms with Crippen molar-refractivity contribution < 1.29 is 22.4 Å². The minimum atomic E-state index is -4.59. The highest BCUT2D eigenvalue weighted by Gasteiger charge is 2.49. The van der Waals surface area contributed by atoms with E-state index in [9.17, 15) is 22.4 Å². The summed E-state index contributed by atoms with van der Waals surface area (Å²) < 4.78 is 49.3. The van der Waals surface area contributed by atoms with Gasteiger partial charge in [0.25, 0.3) is 5.91 Å². The van der Waals surface area contributed by atoms with Gasteiger partial charge in [0.1, 0.15) is 0 Å². The smallest absolute Gasteiger partial charge is 0.348 e. The number of hydrogen-bond donors (Lipinski definition) is 1. The Hall–Kier alpha value is -0.810. The number of rotatable bonds is 4. The molecule has 1 atom stereocenters. The monoisotopic (exact) mass is 255 g/mol. The van der Waals surface area contributed by atoms with E-state index in [2.05, 4.69) is 0 Å². The molecule has 1 aliphatic carbocycles. The molecule has 0 spiro atoms. The van der Waals surface area contributed by atoms with Crippen LogP contribution in [0.5, 0.6) is 0 Å². The average Bonchev–Trinajstić information content (AvgIpc) is 2.29. The largest absolute Gasteiger partial charge is 0.383 e. The molecule has 0 aliphatic heterocycles. The summed E-state index contributed by atoms with van der Waals surface area (Å²) in [6, 6.07) is -0.479. The molecule has 6 heteroatoms. The summed E-state index contributed by atoms with van der Waals surface area (Å²) >= 11 is 0. The minimum Gasteiger partial charge on any atom is -0.348 e. The van der Waals surface area contributed by atoms with Crippen molar-refractivity contribution >= 4 is 5.91 Å². The lowest BCUT2D eigenvalue weighted by molar-refractivity contribution is -0.170. The Morgan fingerprint density at radius 3 is 2.24 bits per heavy atom. The van der Waals surface area contributed by atoms with Crippen LogP contribution in [-0.4, -0.2) is 24.3 Å². The van der Waals surface area contributed by atoms with Gasteiger partial charge in [-0.3, -0.25) is 4.79 Å². The van der Waals surface area contributed by atoms with Gasteiger partial charge in [-0.1, -0.05) is 19.3 Å². The summed E-state index contributed by atoms with van der Waals surface area (Å²) in [4.78, 5) is 11.0. The standard InChI is InChI=1S/C11H17F4NO/c1-7(8-5-3-2-4-6-8)16-10(17)11(14,15)9(12)13/h7-9H,2-6H2,1H3,(H,16,17)/t7-/m1/s1. The van der Waals surface area contributed by atoms with Gasteiger partial charge in [-0.05, 0) is 25.7 Å². The quantitative estimate of drug-likeness (QED) is 0.769. The summed E-state index contributed by atoms with van der Waals surface area (Å²) in [5.41, 5.74) is 0. The molecule has 1 rings (SSSR count). The zero-order valence-corrected chi connectivity index (χ0v) is 9.69. The molecule has 1 saturated carbocycles. The molecule has 0 heterocycles. The van der Waals surface area contributed by atoms with Gasteiger partial charge in [0.15, 0.2) is 0 Å². The molecule has 0 bridgehead atoms. The maximum absolute atomic E-state index is 12.7. The number of alkyl halides is 4. The van der Waals surface area contributed by atoms with Crippen LogP contribution in [0.4, 0.5) is 17.6 Å². The van der Waals surface area contributed by atoms with Crippen molar-refractivity contribution in [3.8, 4) is 0 Å². The molecular weight excluding hydrogens is 238 g/mol. The van der Waals surface area contributed by atoms with Gasteiger partial charge in [-0.25, -0.2) is 8.78 Å². The Morgan fingerprint density at radius 1 is 1.24 bits per heavy atom. The van der Waals surface area contributed by atoms with Gasteiger partial charge in [-0.2, -0.15) is 8.78 Å². The average molecular weight is 255 g/mol. The molecule has 17 heavy (non-hydrogen) atoms. The van der Waals surface area contributed by atoms with Crippen LogP contribution in [0.3, 0.4) is 0 Å². The van der Waals surface area contributed by atoms with Crippen molar-refractivity contribution in [3.63, 3.8) is 0 Å². The van der Waals surface area contributed by atoms with E-state index in [0.29, 0.717) is 0 Å². The molecule has 0 radical (unpaired) electrons. The lowest BCUT2D eigenvalue weighted by Crippen LogP contribution is -2.50. The maximum atomic E-state index is 12.7. The SMILES string of the molecule is C[C@@H](NC(=O)C(F)(F)C(F)F)C1CCCCC1. The van der Waals surface area contributed by atoms with Crippen molar-refractivity contribution in [2.75, 3.05) is 0 Å². The Kier molecular flexibility index (Phi) is 4.77. The van der Waals surface area contributed by atoms with Crippen molar-refractivity contribution in [1.82, 2.24) is 5.32 Å². The predicted molar refractivity (Wildman–Crippen MR) is 55.1 cm³/mol. The van der Waals surface area contributed by atoms with Crippen LogP contribution >= 0.6 is 0 Å². The summed E-state index contributed by atoms with van der Waals surface area (Å²) in [5, 5.41) is 2.00. The van der Waals surface area contributed by atoms with E-state index in [1.165, 1.54) is 0 Å². The van der Waals surface area contributed by atoms with Gasteiger partial charge in [0.05, 0.1) is 0 Å². The molecule has 1 fully saturated rings. The number of halogens is 4. The van der Waals surface area contributed by atoms with Crippen LogP contribution in [0.15, 0.2) is 0 Å². The number of hydrogen-bond acceptors (Lipinski definition) is 1. The van der Waals surface area contributed by atoms with E-state index in [-0.39, 0.29) is 5.92 Å². The van der Waals surface area contributed by atoms with Gasteiger partial charge in [-0.15, -0.1) is 0 Å². The number of carbonyl (C=O) groups excluding carboxylic acids is 1. The molecule has 0 saturated heterocycles. The highest BCUT2D eigenvalue weighted by molar-refractivity contribution is 5.84. The number of amides is 1. The molecule has 0 unspecified atom stereocenters. The first-order chi connectivity index (χ1) is 7.85. The van der Waals surface area contributed by atoms with Crippen molar-refractivity contribution in [3.05, 3.63) is 0 Å². The molecular formula is C11H17F4NO. The number of carbonyl (C=O) groups is 1. The third-order valence-electron chi connectivity index (χ3n) is 3.29. The van der Waals surface area contributed by atoms with E-state index < -0.39 is 24.3 Å². The molecule has 1 amide bonds. The van der Waals surface area contributed by atoms with Crippen LogP contribution in [-0.2, 0) is 4.79 Å². The Bertz CT molecular complexity index is 264. The third kappa shape index (κ3) is 3.57. The Labute approximate surface area is 97.8 Å². The molecule has 0 aromatic carbocycles. The molecule has 2 nitrogen and oxygen atoms in total. The summed E-state index contributed by atoms with van der Waals surface area (Å²) in [7, 11) is 0.